The molecule has 3 atom stereocenters. The Morgan fingerprint density at radius 2 is 1.63 bits per heavy atom. The van der Waals surface area contributed by atoms with Crippen molar-refractivity contribution in [2.24, 2.45) is 5.92 Å². The van der Waals surface area contributed by atoms with Gasteiger partial charge in [-0.1, -0.05) is 68.3 Å². The molecule has 0 aliphatic heterocycles. The van der Waals surface area contributed by atoms with Gasteiger partial charge in [-0.05, 0) is 47.9 Å². The summed E-state index contributed by atoms with van der Waals surface area (Å²) in [7, 11) is 0. The van der Waals surface area contributed by atoms with Crippen molar-refractivity contribution < 1.29 is 24.2 Å². The number of carbonyl (C=O) groups excluding carboxylic acids is 2. The predicted octanol–water partition coefficient (Wildman–Crippen LogP) is 4.84. The van der Waals surface area contributed by atoms with Crippen LogP contribution in [0.4, 0.5) is 4.79 Å². The first-order chi connectivity index (χ1) is 17.0. The van der Waals surface area contributed by atoms with Gasteiger partial charge in [-0.15, -0.1) is 0 Å². The molecular formula is C28H34N2O5. The highest BCUT2D eigenvalue weighted by atomic mass is 16.5. The van der Waals surface area contributed by atoms with Gasteiger partial charge in [0.2, 0.25) is 5.91 Å². The van der Waals surface area contributed by atoms with E-state index in [1.165, 1.54) is 11.1 Å². The number of hydrogen-bond acceptors (Lipinski definition) is 4. The summed E-state index contributed by atoms with van der Waals surface area (Å²) in [5, 5.41) is 14.9. The fourth-order valence-corrected chi connectivity index (χ4v) is 5.39. The van der Waals surface area contributed by atoms with Crippen LogP contribution in [0.2, 0.25) is 0 Å². The molecule has 2 aliphatic rings. The first-order valence-electron chi connectivity index (χ1n) is 12.6. The van der Waals surface area contributed by atoms with E-state index >= 15 is 0 Å². The minimum Gasteiger partial charge on any atom is -0.481 e. The van der Waals surface area contributed by atoms with E-state index in [2.05, 4.69) is 34.9 Å². The highest BCUT2D eigenvalue weighted by molar-refractivity contribution is 5.81. The van der Waals surface area contributed by atoms with E-state index in [-0.39, 0.29) is 42.9 Å². The zero-order valence-corrected chi connectivity index (χ0v) is 20.2. The molecule has 35 heavy (non-hydrogen) atoms. The second kappa shape index (κ2) is 11.4. The molecule has 7 heteroatoms. The number of benzene rings is 2. The van der Waals surface area contributed by atoms with E-state index in [0.29, 0.717) is 25.7 Å². The van der Waals surface area contributed by atoms with Crippen molar-refractivity contribution in [3.63, 3.8) is 0 Å². The van der Waals surface area contributed by atoms with Crippen LogP contribution in [0.1, 0.15) is 68.9 Å². The molecule has 3 N–H and O–H groups in total. The molecular weight excluding hydrogens is 444 g/mol. The molecule has 1 unspecified atom stereocenters. The first-order valence-corrected chi connectivity index (χ1v) is 12.6. The number of alkyl carbamates (subject to hydrolysis) is 1. The third-order valence-corrected chi connectivity index (χ3v) is 7.30. The van der Waals surface area contributed by atoms with Crippen LogP contribution in [0.3, 0.4) is 0 Å². The summed E-state index contributed by atoms with van der Waals surface area (Å²) in [6.45, 7) is 2.16. The highest BCUT2D eigenvalue weighted by Crippen LogP contribution is 2.44. The molecule has 0 aromatic heterocycles. The van der Waals surface area contributed by atoms with Crippen molar-refractivity contribution in [2.75, 3.05) is 6.61 Å². The fraction of sp³-hybridized carbons (Fsp3) is 0.464. The number of carboxylic acids is 1. The number of nitrogens with one attached hydrogen (secondary N) is 2. The minimum atomic E-state index is -0.870. The Balaban J connectivity index is 1.35. The van der Waals surface area contributed by atoms with Crippen LogP contribution in [0, 0.1) is 5.92 Å². The summed E-state index contributed by atoms with van der Waals surface area (Å²) in [5.74, 6) is -1.35. The van der Waals surface area contributed by atoms with E-state index in [1.54, 1.807) is 0 Å². The molecule has 2 aliphatic carbocycles. The number of hydrogen-bond donors (Lipinski definition) is 3. The summed E-state index contributed by atoms with van der Waals surface area (Å²) in [4.78, 5) is 36.7. The molecule has 1 fully saturated rings. The van der Waals surface area contributed by atoms with Gasteiger partial charge in [-0.3, -0.25) is 9.59 Å². The third-order valence-electron chi connectivity index (χ3n) is 7.30. The average molecular weight is 479 g/mol. The molecule has 2 aromatic rings. The van der Waals surface area contributed by atoms with Crippen molar-refractivity contribution >= 4 is 18.0 Å². The van der Waals surface area contributed by atoms with Crippen molar-refractivity contribution in [1.82, 2.24) is 10.6 Å². The number of fused-ring (bicyclic) bond motifs is 3. The van der Waals surface area contributed by atoms with Crippen LogP contribution in [0.25, 0.3) is 11.1 Å². The predicted molar refractivity (Wildman–Crippen MR) is 133 cm³/mol. The number of carbonyl (C=O) groups is 3. The lowest BCUT2D eigenvalue weighted by Gasteiger charge is -2.32. The molecule has 0 heterocycles. The van der Waals surface area contributed by atoms with Crippen LogP contribution in [-0.2, 0) is 14.3 Å². The van der Waals surface area contributed by atoms with E-state index in [0.717, 1.165) is 24.0 Å². The number of ether oxygens (including phenoxy) is 1. The molecule has 0 saturated heterocycles. The summed E-state index contributed by atoms with van der Waals surface area (Å²) in [6, 6.07) is 15.9. The second-order valence-electron chi connectivity index (χ2n) is 9.51. The van der Waals surface area contributed by atoms with Gasteiger partial charge in [-0.2, -0.15) is 0 Å². The summed E-state index contributed by atoms with van der Waals surface area (Å²) >= 11 is 0. The molecule has 4 rings (SSSR count). The maximum absolute atomic E-state index is 13.0. The number of aliphatic carboxylic acids is 1. The monoisotopic (exact) mass is 478 g/mol. The molecule has 0 radical (unpaired) electrons. The smallest absolute Gasteiger partial charge is 0.407 e. The largest absolute Gasteiger partial charge is 0.481 e. The molecule has 7 nitrogen and oxygen atoms in total. The van der Waals surface area contributed by atoms with Gasteiger partial charge < -0.3 is 20.5 Å². The lowest BCUT2D eigenvalue weighted by atomic mass is 9.83. The van der Waals surface area contributed by atoms with Crippen LogP contribution >= 0.6 is 0 Å². The van der Waals surface area contributed by atoms with Crippen molar-refractivity contribution in [3.05, 3.63) is 59.7 Å². The van der Waals surface area contributed by atoms with Gasteiger partial charge in [0.1, 0.15) is 6.61 Å². The van der Waals surface area contributed by atoms with E-state index in [9.17, 15) is 14.4 Å². The standard InChI is InChI=1S/C28H34N2O5/c1-2-18(15-16-26(31)32)29-27(33)23-13-7-8-14-25(23)30-28(34)35-17-24-21-11-5-3-9-19(21)20-10-4-6-12-22(20)24/h3-6,9-12,18,23-25H,2,7-8,13-17H2,1H3,(H,29,33)(H,30,34)(H,31,32)/t18?,23-,25+/m0/s1. The average Bonchev–Trinajstić information content (AvgIpc) is 3.19. The van der Waals surface area contributed by atoms with Crippen molar-refractivity contribution in [2.45, 2.75) is 69.9 Å². The maximum atomic E-state index is 13.0. The summed E-state index contributed by atoms with van der Waals surface area (Å²) in [6.07, 6.45) is 3.84. The number of carboxylic acid groups (broad SMARTS) is 1. The van der Waals surface area contributed by atoms with E-state index < -0.39 is 12.1 Å². The lowest BCUT2D eigenvalue weighted by molar-refractivity contribution is -0.137. The van der Waals surface area contributed by atoms with Gasteiger partial charge in [0.25, 0.3) is 0 Å². The van der Waals surface area contributed by atoms with Gasteiger partial charge >= 0.3 is 12.1 Å². The Kier molecular flexibility index (Phi) is 8.06. The summed E-state index contributed by atoms with van der Waals surface area (Å²) < 4.78 is 5.69. The molecule has 1 saturated carbocycles. The van der Waals surface area contributed by atoms with Gasteiger partial charge in [0.15, 0.2) is 0 Å². The molecule has 0 bridgehead atoms. The Morgan fingerprint density at radius 1 is 1.00 bits per heavy atom. The zero-order valence-electron chi connectivity index (χ0n) is 20.2. The quantitative estimate of drug-likeness (QED) is 0.478. The fourth-order valence-electron chi connectivity index (χ4n) is 5.39. The zero-order chi connectivity index (χ0) is 24.8. The topological polar surface area (TPSA) is 105 Å². The van der Waals surface area contributed by atoms with Crippen LogP contribution in [-0.4, -0.2) is 41.8 Å². The summed E-state index contributed by atoms with van der Waals surface area (Å²) in [5.41, 5.74) is 4.66. The first kappa shape index (κ1) is 24.8. The van der Waals surface area contributed by atoms with Gasteiger partial charge in [-0.25, -0.2) is 4.79 Å². The molecule has 186 valence electrons. The van der Waals surface area contributed by atoms with Gasteiger partial charge in [0.05, 0.1) is 5.92 Å². The number of amides is 2. The Labute approximate surface area is 206 Å². The second-order valence-corrected chi connectivity index (χ2v) is 9.51. The Bertz CT molecular complexity index is 1020. The normalized spacial score (nSPS) is 19.8. The Hall–Kier alpha value is -3.35. The minimum absolute atomic E-state index is 0.0156. The molecule has 0 spiro atoms. The van der Waals surface area contributed by atoms with Crippen LogP contribution in [0.5, 0.6) is 0 Å². The van der Waals surface area contributed by atoms with E-state index in [1.807, 2.05) is 31.2 Å². The molecule has 2 amide bonds. The third kappa shape index (κ3) is 5.84. The lowest BCUT2D eigenvalue weighted by Crippen LogP contribution is -2.50. The maximum Gasteiger partial charge on any atom is 0.407 e. The van der Waals surface area contributed by atoms with Crippen molar-refractivity contribution in [1.29, 1.82) is 0 Å². The Morgan fingerprint density at radius 3 is 2.26 bits per heavy atom. The molecule has 2 aromatic carbocycles. The van der Waals surface area contributed by atoms with Crippen molar-refractivity contribution in [3.8, 4) is 11.1 Å². The van der Waals surface area contributed by atoms with Crippen LogP contribution in [0.15, 0.2) is 48.5 Å². The van der Waals surface area contributed by atoms with E-state index in [4.69, 9.17) is 9.84 Å². The van der Waals surface area contributed by atoms with Gasteiger partial charge in [0, 0.05) is 24.4 Å². The SMILES string of the molecule is CCC(CCC(=O)O)NC(=O)[C@H]1CCCC[C@H]1NC(=O)OCC1c2ccccc2-c2ccccc21. The van der Waals surface area contributed by atoms with Crippen LogP contribution < -0.4 is 10.6 Å². The highest BCUT2D eigenvalue weighted by Gasteiger charge is 2.34. The number of rotatable bonds is 9.